The van der Waals surface area contributed by atoms with Gasteiger partial charge in [-0.25, -0.2) is 9.97 Å². The van der Waals surface area contributed by atoms with Crippen molar-refractivity contribution in [2.45, 2.75) is 26.8 Å². The standard InChI is InChI=1S/C15H17BrN4O/c1-9(2)19-14(21)11-7-17-15(18-8-11)20-12-4-5-13(16)10(3)6-12/h4-9H,1-3H3,(H,19,21)(H,17,18,20). The summed E-state index contributed by atoms with van der Waals surface area (Å²) in [6.45, 7) is 5.82. The molecule has 1 aromatic heterocycles. The van der Waals surface area contributed by atoms with Crippen molar-refractivity contribution < 1.29 is 4.79 Å². The molecule has 0 aliphatic carbocycles. The molecule has 0 aliphatic rings. The number of carbonyl (C=O) groups is 1. The van der Waals surface area contributed by atoms with E-state index in [0.717, 1.165) is 15.7 Å². The number of hydrogen-bond acceptors (Lipinski definition) is 4. The second kappa shape index (κ2) is 6.67. The van der Waals surface area contributed by atoms with Gasteiger partial charge in [-0.1, -0.05) is 15.9 Å². The van der Waals surface area contributed by atoms with Gasteiger partial charge in [0.05, 0.1) is 5.56 Å². The van der Waals surface area contributed by atoms with Crippen LogP contribution in [-0.2, 0) is 0 Å². The van der Waals surface area contributed by atoms with Gasteiger partial charge in [-0.15, -0.1) is 0 Å². The van der Waals surface area contributed by atoms with E-state index >= 15 is 0 Å². The highest BCUT2D eigenvalue weighted by Crippen LogP contribution is 2.21. The number of rotatable bonds is 4. The number of hydrogen-bond donors (Lipinski definition) is 2. The fourth-order valence-electron chi connectivity index (χ4n) is 1.71. The summed E-state index contributed by atoms with van der Waals surface area (Å²) in [7, 11) is 0. The molecule has 2 aromatic rings. The molecule has 1 heterocycles. The third kappa shape index (κ3) is 4.26. The first kappa shape index (κ1) is 15.4. The van der Waals surface area contributed by atoms with Gasteiger partial charge in [-0.2, -0.15) is 0 Å². The molecule has 21 heavy (non-hydrogen) atoms. The van der Waals surface area contributed by atoms with E-state index in [1.807, 2.05) is 39.0 Å². The summed E-state index contributed by atoms with van der Waals surface area (Å²) in [4.78, 5) is 20.1. The predicted molar refractivity (Wildman–Crippen MR) is 86.8 cm³/mol. The number of aryl methyl sites for hydroxylation is 1. The normalized spacial score (nSPS) is 10.5. The fraction of sp³-hybridized carbons (Fsp3) is 0.267. The Morgan fingerprint density at radius 2 is 1.90 bits per heavy atom. The van der Waals surface area contributed by atoms with Crippen LogP contribution in [0.15, 0.2) is 35.1 Å². The summed E-state index contributed by atoms with van der Waals surface area (Å²) < 4.78 is 1.05. The van der Waals surface area contributed by atoms with E-state index in [1.165, 1.54) is 12.4 Å². The molecule has 0 saturated carbocycles. The third-order valence-electron chi connectivity index (χ3n) is 2.75. The van der Waals surface area contributed by atoms with E-state index in [-0.39, 0.29) is 11.9 Å². The Balaban J connectivity index is 2.08. The highest BCUT2D eigenvalue weighted by Gasteiger charge is 2.08. The second-order valence-corrected chi connectivity index (χ2v) is 5.87. The number of carbonyl (C=O) groups excluding carboxylic acids is 1. The van der Waals surface area contributed by atoms with Crippen molar-refractivity contribution in [1.82, 2.24) is 15.3 Å². The zero-order chi connectivity index (χ0) is 15.4. The number of nitrogens with zero attached hydrogens (tertiary/aromatic N) is 2. The minimum atomic E-state index is -0.170. The molecule has 6 heteroatoms. The maximum atomic E-state index is 11.8. The van der Waals surface area contributed by atoms with Crippen LogP contribution in [0.1, 0.15) is 29.8 Å². The lowest BCUT2D eigenvalue weighted by molar-refractivity contribution is 0.0942. The number of anilines is 2. The number of aromatic nitrogens is 2. The molecule has 1 aromatic carbocycles. The summed E-state index contributed by atoms with van der Waals surface area (Å²) >= 11 is 3.46. The van der Waals surface area contributed by atoms with E-state index < -0.39 is 0 Å². The zero-order valence-electron chi connectivity index (χ0n) is 12.1. The number of halogens is 1. The molecule has 0 spiro atoms. The Morgan fingerprint density at radius 3 is 2.48 bits per heavy atom. The summed E-state index contributed by atoms with van der Waals surface area (Å²) in [5, 5.41) is 5.90. The van der Waals surface area contributed by atoms with E-state index in [0.29, 0.717) is 11.5 Å². The molecule has 0 bridgehead atoms. The van der Waals surface area contributed by atoms with Gasteiger partial charge in [-0.3, -0.25) is 4.79 Å². The van der Waals surface area contributed by atoms with Crippen LogP contribution in [0, 0.1) is 6.92 Å². The van der Waals surface area contributed by atoms with Crippen LogP contribution in [0.3, 0.4) is 0 Å². The molecule has 0 unspecified atom stereocenters. The molecule has 0 atom stereocenters. The minimum Gasteiger partial charge on any atom is -0.350 e. The molecule has 0 fully saturated rings. The first-order valence-corrected chi connectivity index (χ1v) is 7.41. The smallest absolute Gasteiger partial charge is 0.254 e. The average Bonchev–Trinajstić information content (AvgIpc) is 2.43. The predicted octanol–water partition coefficient (Wildman–Crippen LogP) is 3.43. The molecule has 2 rings (SSSR count). The molecule has 2 N–H and O–H groups in total. The van der Waals surface area contributed by atoms with E-state index in [4.69, 9.17) is 0 Å². The quantitative estimate of drug-likeness (QED) is 0.888. The first-order valence-electron chi connectivity index (χ1n) is 6.62. The maximum Gasteiger partial charge on any atom is 0.254 e. The zero-order valence-corrected chi connectivity index (χ0v) is 13.7. The molecular weight excluding hydrogens is 332 g/mol. The van der Waals surface area contributed by atoms with Gasteiger partial charge < -0.3 is 10.6 Å². The van der Waals surface area contributed by atoms with Crippen molar-refractivity contribution in [2.24, 2.45) is 0 Å². The highest BCUT2D eigenvalue weighted by atomic mass is 79.9. The van der Waals surface area contributed by atoms with Crippen molar-refractivity contribution in [3.8, 4) is 0 Å². The van der Waals surface area contributed by atoms with Crippen LogP contribution in [0.4, 0.5) is 11.6 Å². The van der Waals surface area contributed by atoms with Crippen LogP contribution >= 0.6 is 15.9 Å². The SMILES string of the molecule is Cc1cc(Nc2ncc(C(=O)NC(C)C)cn2)ccc1Br. The fourth-order valence-corrected chi connectivity index (χ4v) is 1.95. The van der Waals surface area contributed by atoms with Crippen LogP contribution in [0.5, 0.6) is 0 Å². The van der Waals surface area contributed by atoms with Crippen molar-refractivity contribution in [1.29, 1.82) is 0 Å². The summed E-state index contributed by atoms with van der Waals surface area (Å²) in [5.74, 6) is 0.286. The Bertz CT molecular complexity index is 641. The number of benzene rings is 1. The summed E-state index contributed by atoms with van der Waals surface area (Å²) in [6, 6.07) is 5.97. The van der Waals surface area contributed by atoms with Crippen LogP contribution in [0.2, 0.25) is 0 Å². The lowest BCUT2D eigenvalue weighted by Gasteiger charge is -2.09. The van der Waals surface area contributed by atoms with Gasteiger partial charge in [0.2, 0.25) is 5.95 Å². The lowest BCUT2D eigenvalue weighted by atomic mass is 10.2. The first-order chi connectivity index (χ1) is 9.95. The molecule has 1 amide bonds. The minimum absolute atomic E-state index is 0.0843. The number of nitrogens with one attached hydrogen (secondary N) is 2. The van der Waals surface area contributed by atoms with Crippen LogP contribution in [-0.4, -0.2) is 21.9 Å². The number of amides is 1. The maximum absolute atomic E-state index is 11.8. The van der Waals surface area contributed by atoms with Gasteiger partial charge in [-0.05, 0) is 44.5 Å². The Labute approximate surface area is 132 Å². The van der Waals surface area contributed by atoms with E-state index in [2.05, 4.69) is 36.5 Å². The van der Waals surface area contributed by atoms with Gasteiger partial charge >= 0.3 is 0 Å². The molecule has 0 radical (unpaired) electrons. The highest BCUT2D eigenvalue weighted by molar-refractivity contribution is 9.10. The summed E-state index contributed by atoms with van der Waals surface area (Å²) in [5.41, 5.74) is 2.46. The molecule has 5 nitrogen and oxygen atoms in total. The van der Waals surface area contributed by atoms with Gasteiger partial charge in [0.1, 0.15) is 0 Å². The Hall–Kier alpha value is -1.95. The Morgan fingerprint density at radius 1 is 1.24 bits per heavy atom. The van der Waals surface area contributed by atoms with Crippen LogP contribution in [0.25, 0.3) is 0 Å². The molecule has 110 valence electrons. The van der Waals surface area contributed by atoms with Gasteiger partial charge in [0.15, 0.2) is 0 Å². The average molecular weight is 349 g/mol. The van der Waals surface area contributed by atoms with E-state index in [1.54, 1.807) is 0 Å². The second-order valence-electron chi connectivity index (χ2n) is 5.01. The largest absolute Gasteiger partial charge is 0.350 e. The van der Waals surface area contributed by atoms with Gasteiger partial charge in [0, 0.05) is 28.6 Å². The lowest BCUT2D eigenvalue weighted by Crippen LogP contribution is -2.30. The van der Waals surface area contributed by atoms with Crippen molar-refractivity contribution >= 4 is 33.5 Å². The molecule has 0 aliphatic heterocycles. The molecule has 0 saturated heterocycles. The van der Waals surface area contributed by atoms with Crippen molar-refractivity contribution in [3.05, 3.63) is 46.2 Å². The monoisotopic (exact) mass is 348 g/mol. The molecular formula is C15H17BrN4O. The topological polar surface area (TPSA) is 66.9 Å². The van der Waals surface area contributed by atoms with Crippen molar-refractivity contribution in [3.63, 3.8) is 0 Å². The van der Waals surface area contributed by atoms with Gasteiger partial charge in [0.25, 0.3) is 5.91 Å². The van der Waals surface area contributed by atoms with E-state index in [9.17, 15) is 4.79 Å². The Kier molecular flexibility index (Phi) is 4.90. The third-order valence-corrected chi connectivity index (χ3v) is 3.64. The van der Waals surface area contributed by atoms with Crippen LogP contribution < -0.4 is 10.6 Å². The summed E-state index contributed by atoms with van der Waals surface area (Å²) in [6.07, 6.45) is 3.03. The van der Waals surface area contributed by atoms with Crippen molar-refractivity contribution in [2.75, 3.05) is 5.32 Å².